The maximum Gasteiger partial charge on any atom is 0.182 e. The van der Waals surface area contributed by atoms with E-state index in [0.29, 0.717) is 10.7 Å². The van der Waals surface area contributed by atoms with Crippen LogP contribution in [0.3, 0.4) is 0 Å². The monoisotopic (exact) mass is 249 g/mol. The average molecular weight is 250 g/mol. The Morgan fingerprint density at radius 3 is 2.82 bits per heavy atom. The number of halogens is 1. The second-order valence-electron chi connectivity index (χ2n) is 4.65. The third kappa shape index (κ3) is 1.67. The van der Waals surface area contributed by atoms with Gasteiger partial charge in [-0.25, -0.2) is 4.68 Å². The lowest BCUT2D eigenvalue weighted by molar-refractivity contribution is 0.463. The van der Waals surface area contributed by atoms with E-state index < -0.39 is 0 Å². The Hall–Kier alpha value is -1.62. The lowest BCUT2D eigenvalue weighted by Crippen LogP contribution is -2.15. The predicted octanol–water partition coefficient (Wildman–Crippen LogP) is 2.08. The zero-order valence-corrected chi connectivity index (χ0v) is 10.1. The number of rotatable bonds is 2. The number of nitrogens with zero attached hydrogens (tertiary/aromatic N) is 4. The molecule has 1 aromatic carbocycles. The number of nitrogen functional groups attached to an aromatic ring is 1. The third-order valence-corrected chi connectivity index (χ3v) is 3.54. The molecule has 0 radical (unpaired) electrons. The molecule has 3 rings (SSSR count). The van der Waals surface area contributed by atoms with Crippen LogP contribution in [0.15, 0.2) is 18.2 Å². The van der Waals surface area contributed by atoms with Gasteiger partial charge in [0.25, 0.3) is 0 Å². The fraction of sp³-hybridized carbons (Fsp3) is 0.364. The zero-order chi connectivity index (χ0) is 12.0. The molecule has 0 bridgehead atoms. The molecule has 0 unspecified atom stereocenters. The molecule has 0 saturated heterocycles. The van der Waals surface area contributed by atoms with Crippen molar-refractivity contribution < 1.29 is 0 Å². The van der Waals surface area contributed by atoms with E-state index in [0.717, 1.165) is 24.2 Å². The fourth-order valence-corrected chi connectivity index (χ4v) is 1.97. The molecule has 6 heteroatoms. The van der Waals surface area contributed by atoms with E-state index in [2.05, 4.69) is 22.4 Å². The first kappa shape index (κ1) is 10.5. The van der Waals surface area contributed by atoms with Crippen LogP contribution in [0.5, 0.6) is 0 Å². The molecule has 0 atom stereocenters. The molecule has 1 aromatic heterocycles. The molecule has 1 fully saturated rings. The van der Waals surface area contributed by atoms with E-state index in [-0.39, 0.29) is 5.54 Å². The van der Waals surface area contributed by atoms with Gasteiger partial charge >= 0.3 is 0 Å². The fourth-order valence-electron chi connectivity index (χ4n) is 1.79. The van der Waals surface area contributed by atoms with Crippen LogP contribution in [0.25, 0.3) is 11.4 Å². The van der Waals surface area contributed by atoms with Gasteiger partial charge in [0.05, 0.1) is 16.2 Å². The van der Waals surface area contributed by atoms with Gasteiger partial charge in [-0.05, 0) is 48.4 Å². The van der Waals surface area contributed by atoms with Crippen molar-refractivity contribution in [2.24, 2.45) is 0 Å². The molecule has 1 saturated carbocycles. The van der Waals surface area contributed by atoms with Gasteiger partial charge < -0.3 is 5.73 Å². The number of aromatic nitrogens is 4. The van der Waals surface area contributed by atoms with Gasteiger partial charge in [0.15, 0.2) is 5.82 Å². The summed E-state index contributed by atoms with van der Waals surface area (Å²) in [7, 11) is 0. The first-order chi connectivity index (χ1) is 8.10. The van der Waals surface area contributed by atoms with E-state index in [4.69, 9.17) is 17.3 Å². The second kappa shape index (κ2) is 3.43. The topological polar surface area (TPSA) is 69.6 Å². The Morgan fingerprint density at radius 1 is 1.41 bits per heavy atom. The van der Waals surface area contributed by atoms with Crippen molar-refractivity contribution in [2.45, 2.75) is 25.3 Å². The van der Waals surface area contributed by atoms with Gasteiger partial charge in [-0.15, -0.1) is 5.10 Å². The highest BCUT2D eigenvalue weighted by atomic mass is 35.5. The molecule has 0 spiro atoms. The Bertz CT molecular complexity index is 573. The molecular weight excluding hydrogens is 238 g/mol. The SMILES string of the molecule is CC1(n2nnnc2-c2ccc(N)c(Cl)c2)CC1. The molecule has 1 aliphatic carbocycles. The maximum atomic E-state index is 6.01. The summed E-state index contributed by atoms with van der Waals surface area (Å²) < 4.78 is 1.87. The number of benzene rings is 1. The smallest absolute Gasteiger partial charge is 0.182 e. The van der Waals surface area contributed by atoms with Crippen molar-refractivity contribution in [3.8, 4) is 11.4 Å². The second-order valence-corrected chi connectivity index (χ2v) is 5.05. The summed E-state index contributed by atoms with van der Waals surface area (Å²) in [6.07, 6.45) is 2.21. The van der Waals surface area contributed by atoms with E-state index in [1.54, 1.807) is 12.1 Å². The van der Waals surface area contributed by atoms with Gasteiger partial charge in [-0.2, -0.15) is 0 Å². The van der Waals surface area contributed by atoms with Crippen LogP contribution in [0, 0.1) is 0 Å². The average Bonchev–Trinajstić information content (AvgIpc) is 2.87. The summed E-state index contributed by atoms with van der Waals surface area (Å²) in [5.41, 5.74) is 7.20. The van der Waals surface area contributed by atoms with Crippen molar-refractivity contribution in [2.75, 3.05) is 5.73 Å². The minimum atomic E-state index is 0.0622. The van der Waals surface area contributed by atoms with Crippen LogP contribution < -0.4 is 5.73 Å². The summed E-state index contributed by atoms with van der Waals surface area (Å²) in [5, 5.41) is 12.4. The Morgan fingerprint density at radius 2 is 2.18 bits per heavy atom. The summed E-state index contributed by atoms with van der Waals surface area (Å²) in [4.78, 5) is 0. The number of hydrogen-bond donors (Lipinski definition) is 1. The standard InChI is InChI=1S/C11H12ClN5/c1-11(4-5-11)17-10(14-15-16-17)7-2-3-9(13)8(12)6-7/h2-3,6H,4-5,13H2,1H3. The Balaban J connectivity index is 2.09. The molecule has 5 nitrogen and oxygen atoms in total. The third-order valence-electron chi connectivity index (χ3n) is 3.21. The van der Waals surface area contributed by atoms with Crippen molar-refractivity contribution in [1.82, 2.24) is 20.2 Å². The summed E-state index contributed by atoms with van der Waals surface area (Å²) in [6.45, 7) is 2.14. The van der Waals surface area contributed by atoms with E-state index >= 15 is 0 Å². The molecule has 0 amide bonds. The molecule has 0 aliphatic heterocycles. The van der Waals surface area contributed by atoms with Crippen LogP contribution in [0.2, 0.25) is 5.02 Å². The van der Waals surface area contributed by atoms with Crippen LogP contribution in [0.4, 0.5) is 5.69 Å². The number of anilines is 1. The Kier molecular flexibility index (Phi) is 2.13. The minimum absolute atomic E-state index is 0.0622. The van der Waals surface area contributed by atoms with Crippen LogP contribution in [0.1, 0.15) is 19.8 Å². The first-order valence-corrected chi connectivity index (χ1v) is 5.82. The summed E-state index contributed by atoms with van der Waals surface area (Å²) in [6, 6.07) is 5.45. The largest absolute Gasteiger partial charge is 0.398 e. The van der Waals surface area contributed by atoms with E-state index in [1.807, 2.05) is 10.7 Å². The quantitative estimate of drug-likeness (QED) is 0.828. The molecule has 1 heterocycles. The molecular formula is C11H12ClN5. The number of nitrogens with two attached hydrogens (primary N) is 1. The Labute approximate surface area is 104 Å². The first-order valence-electron chi connectivity index (χ1n) is 5.44. The summed E-state index contributed by atoms with van der Waals surface area (Å²) >= 11 is 6.01. The van der Waals surface area contributed by atoms with Crippen LogP contribution in [-0.2, 0) is 5.54 Å². The predicted molar refractivity (Wildman–Crippen MR) is 65.6 cm³/mol. The molecule has 88 valence electrons. The van der Waals surface area contributed by atoms with Gasteiger partial charge in [0, 0.05) is 5.56 Å². The zero-order valence-electron chi connectivity index (χ0n) is 9.39. The minimum Gasteiger partial charge on any atom is -0.398 e. The lowest BCUT2D eigenvalue weighted by atomic mass is 10.2. The highest BCUT2D eigenvalue weighted by molar-refractivity contribution is 6.33. The summed E-state index contributed by atoms with van der Waals surface area (Å²) in [5.74, 6) is 0.743. The van der Waals surface area contributed by atoms with Crippen molar-refractivity contribution >= 4 is 17.3 Å². The van der Waals surface area contributed by atoms with Gasteiger partial charge in [0.1, 0.15) is 0 Å². The lowest BCUT2D eigenvalue weighted by Gasteiger charge is -2.11. The van der Waals surface area contributed by atoms with Crippen LogP contribution in [-0.4, -0.2) is 20.2 Å². The highest BCUT2D eigenvalue weighted by Crippen LogP contribution is 2.44. The van der Waals surface area contributed by atoms with E-state index in [1.165, 1.54) is 0 Å². The molecule has 17 heavy (non-hydrogen) atoms. The molecule has 2 N–H and O–H groups in total. The normalized spacial score (nSPS) is 17.1. The van der Waals surface area contributed by atoms with Crippen LogP contribution >= 0.6 is 11.6 Å². The van der Waals surface area contributed by atoms with Crippen molar-refractivity contribution in [1.29, 1.82) is 0 Å². The van der Waals surface area contributed by atoms with E-state index in [9.17, 15) is 0 Å². The van der Waals surface area contributed by atoms with Gasteiger partial charge in [0.2, 0.25) is 0 Å². The van der Waals surface area contributed by atoms with Gasteiger partial charge in [-0.3, -0.25) is 0 Å². The molecule has 2 aromatic rings. The maximum absolute atomic E-state index is 6.01. The number of tetrazole rings is 1. The molecule has 1 aliphatic rings. The van der Waals surface area contributed by atoms with Gasteiger partial charge in [-0.1, -0.05) is 11.6 Å². The highest BCUT2D eigenvalue weighted by Gasteiger charge is 2.42. The number of hydrogen-bond acceptors (Lipinski definition) is 4. The van der Waals surface area contributed by atoms with Crippen molar-refractivity contribution in [3.63, 3.8) is 0 Å². The van der Waals surface area contributed by atoms with Crippen molar-refractivity contribution in [3.05, 3.63) is 23.2 Å².